The molecule has 0 aliphatic heterocycles. The van der Waals surface area contributed by atoms with Crippen LogP contribution in [0.5, 0.6) is 5.75 Å². The van der Waals surface area contributed by atoms with Crippen molar-refractivity contribution in [3.8, 4) is 5.75 Å². The molecule has 0 saturated carbocycles. The zero-order valence-corrected chi connectivity index (χ0v) is 11.0. The Bertz CT molecular complexity index is 394. The molecule has 0 radical (unpaired) electrons. The average molecular weight is 251 g/mol. The fourth-order valence-corrected chi connectivity index (χ4v) is 1.49. The molecule has 18 heavy (non-hydrogen) atoms. The van der Waals surface area contributed by atoms with Crippen molar-refractivity contribution in [1.29, 1.82) is 0 Å². The van der Waals surface area contributed by atoms with Gasteiger partial charge in [-0.2, -0.15) is 0 Å². The molecule has 5 heteroatoms. The van der Waals surface area contributed by atoms with Gasteiger partial charge in [-0.3, -0.25) is 4.79 Å². The Morgan fingerprint density at radius 2 is 2.17 bits per heavy atom. The molecule has 1 rings (SSSR count). The third kappa shape index (κ3) is 4.53. The molecule has 0 bridgehead atoms. The minimum absolute atomic E-state index is 0.0523. The first-order chi connectivity index (χ1) is 8.67. The summed E-state index contributed by atoms with van der Waals surface area (Å²) >= 11 is 0. The molecule has 0 aromatic heterocycles. The summed E-state index contributed by atoms with van der Waals surface area (Å²) in [5.74, 6) is 0.773. The summed E-state index contributed by atoms with van der Waals surface area (Å²) in [6.07, 6.45) is 1.38. The predicted molar refractivity (Wildman–Crippen MR) is 73.8 cm³/mol. The molecule has 0 fully saturated rings. The van der Waals surface area contributed by atoms with E-state index in [9.17, 15) is 4.79 Å². The summed E-state index contributed by atoms with van der Waals surface area (Å²) in [6, 6.07) is 5.42. The molecule has 0 atom stereocenters. The molecular weight excluding hydrogens is 230 g/mol. The topological polar surface area (TPSA) is 76.4 Å². The van der Waals surface area contributed by atoms with Gasteiger partial charge in [0.25, 0.3) is 0 Å². The van der Waals surface area contributed by atoms with Gasteiger partial charge in [0.05, 0.1) is 18.5 Å². The molecule has 1 aromatic carbocycles. The number of nitrogens with one attached hydrogen (secondary N) is 2. The number of hydrogen-bond donors (Lipinski definition) is 3. The van der Waals surface area contributed by atoms with Crippen molar-refractivity contribution in [2.24, 2.45) is 0 Å². The maximum Gasteiger partial charge on any atom is 0.221 e. The predicted octanol–water partition coefficient (Wildman–Crippen LogP) is 1.61. The summed E-state index contributed by atoms with van der Waals surface area (Å²) in [6.45, 7) is 3.31. The van der Waals surface area contributed by atoms with Crippen LogP contribution in [-0.2, 0) is 4.79 Å². The van der Waals surface area contributed by atoms with Gasteiger partial charge < -0.3 is 21.1 Å². The second-order valence-corrected chi connectivity index (χ2v) is 3.98. The van der Waals surface area contributed by atoms with Gasteiger partial charge in [0, 0.05) is 25.6 Å². The van der Waals surface area contributed by atoms with Crippen molar-refractivity contribution < 1.29 is 9.53 Å². The Morgan fingerprint density at radius 3 is 2.78 bits per heavy atom. The van der Waals surface area contributed by atoms with Gasteiger partial charge in [0.15, 0.2) is 0 Å². The lowest BCUT2D eigenvalue weighted by molar-refractivity contribution is -0.120. The highest BCUT2D eigenvalue weighted by Crippen LogP contribution is 2.23. The highest BCUT2D eigenvalue weighted by atomic mass is 16.5. The zero-order chi connectivity index (χ0) is 13.4. The number of nitrogen functional groups attached to an aromatic ring is 1. The number of methoxy groups -OCH3 is 1. The van der Waals surface area contributed by atoms with Crippen molar-refractivity contribution >= 4 is 17.3 Å². The van der Waals surface area contributed by atoms with Crippen LogP contribution < -0.4 is 21.1 Å². The van der Waals surface area contributed by atoms with Crippen LogP contribution in [0.3, 0.4) is 0 Å². The monoisotopic (exact) mass is 251 g/mol. The third-order valence-electron chi connectivity index (χ3n) is 2.50. The molecule has 0 spiro atoms. The lowest BCUT2D eigenvalue weighted by Crippen LogP contribution is -2.25. The van der Waals surface area contributed by atoms with Gasteiger partial charge in [-0.05, 0) is 18.6 Å². The van der Waals surface area contributed by atoms with Crippen LogP contribution in [0.25, 0.3) is 0 Å². The summed E-state index contributed by atoms with van der Waals surface area (Å²) in [4.78, 5) is 11.4. The molecule has 0 unspecified atom stereocenters. The van der Waals surface area contributed by atoms with E-state index in [2.05, 4.69) is 10.6 Å². The molecular formula is C13H21N3O2. The SMILES string of the molecule is CCCNC(=O)CCNc1ccc(OC)cc1N. The van der Waals surface area contributed by atoms with E-state index in [1.54, 1.807) is 13.2 Å². The highest BCUT2D eigenvalue weighted by molar-refractivity contribution is 5.77. The first kappa shape index (κ1) is 14.2. The maximum atomic E-state index is 11.4. The normalized spacial score (nSPS) is 9.89. The van der Waals surface area contributed by atoms with E-state index >= 15 is 0 Å². The van der Waals surface area contributed by atoms with E-state index < -0.39 is 0 Å². The number of anilines is 2. The van der Waals surface area contributed by atoms with Gasteiger partial charge in [-0.15, -0.1) is 0 Å². The van der Waals surface area contributed by atoms with E-state index in [1.165, 1.54) is 0 Å². The van der Waals surface area contributed by atoms with Crippen LogP contribution in [0.4, 0.5) is 11.4 Å². The summed E-state index contributed by atoms with van der Waals surface area (Å²) in [5.41, 5.74) is 7.28. The lowest BCUT2D eigenvalue weighted by Gasteiger charge is -2.10. The Hall–Kier alpha value is -1.91. The van der Waals surface area contributed by atoms with E-state index in [0.717, 1.165) is 24.4 Å². The molecule has 0 aliphatic carbocycles. The van der Waals surface area contributed by atoms with Gasteiger partial charge in [0.2, 0.25) is 5.91 Å². The molecule has 5 nitrogen and oxygen atoms in total. The minimum Gasteiger partial charge on any atom is -0.497 e. The summed E-state index contributed by atoms with van der Waals surface area (Å²) < 4.78 is 5.07. The molecule has 0 aliphatic rings. The molecule has 0 heterocycles. The van der Waals surface area contributed by atoms with Gasteiger partial charge in [-0.25, -0.2) is 0 Å². The van der Waals surface area contributed by atoms with Crippen molar-refractivity contribution in [2.45, 2.75) is 19.8 Å². The molecule has 4 N–H and O–H groups in total. The molecule has 100 valence electrons. The molecule has 0 saturated heterocycles. The minimum atomic E-state index is 0.0523. The van der Waals surface area contributed by atoms with E-state index in [0.29, 0.717) is 18.7 Å². The standard InChI is InChI=1S/C13H21N3O2/c1-3-7-16-13(17)6-8-15-12-5-4-10(18-2)9-11(12)14/h4-5,9,15H,3,6-8,14H2,1-2H3,(H,16,17). The quantitative estimate of drug-likeness (QED) is 0.643. The summed E-state index contributed by atoms with van der Waals surface area (Å²) in [7, 11) is 1.60. The zero-order valence-electron chi connectivity index (χ0n) is 11.0. The fraction of sp³-hybridized carbons (Fsp3) is 0.462. The number of benzene rings is 1. The van der Waals surface area contributed by atoms with Crippen LogP contribution in [0, 0.1) is 0 Å². The van der Waals surface area contributed by atoms with Gasteiger partial charge >= 0.3 is 0 Å². The summed E-state index contributed by atoms with van der Waals surface area (Å²) in [5, 5.41) is 5.95. The highest BCUT2D eigenvalue weighted by Gasteiger charge is 2.03. The van der Waals surface area contributed by atoms with Gasteiger partial charge in [-0.1, -0.05) is 6.92 Å². The Labute approximate surface area is 108 Å². The Morgan fingerprint density at radius 1 is 1.39 bits per heavy atom. The third-order valence-corrected chi connectivity index (χ3v) is 2.50. The largest absolute Gasteiger partial charge is 0.497 e. The van der Waals surface area contributed by atoms with Crippen LogP contribution in [0.1, 0.15) is 19.8 Å². The van der Waals surface area contributed by atoms with Crippen LogP contribution in [-0.4, -0.2) is 26.1 Å². The fourth-order valence-electron chi connectivity index (χ4n) is 1.49. The van der Waals surface area contributed by atoms with Gasteiger partial charge in [0.1, 0.15) is 5.75 Å². The maximum absolute atomic E-state index is 11.4. The number of rotatable bonds is 7. The second-order valence-electron chi connectivity index (χ2n) is 3.98. The second kappa shape index (κ2) is 7.42. The van der Waals surface area contributed by atoms with Crippen LogP contribution >= 0.6 is 0 Å². The number of carbonyl (C=O) groups excluding carboxylic acids is 1. The molecule has 1 aromatic rings. The van der Waals surface area contributed by atoms with Crippen molar-refractivity contribution in [2.75, 3.05) is 31.2 Å². The number of amides is 1. The number of hydrogen-bond acceptors (Lipinski definition) is 4. The number of ether oxygens (including phenoxy) is 1. The average Bonchev–Trinajstić information content (AvgIpc) is 2.38. The van der Waals surface area contributed by atoms with Crippen molar-refractivity contribution in [3.63, 3.8) is 0 Å². The first-order valence-electron chi connectivity index (χ1n) is 6.11. The van der Waals surface area contributed by atoms with E-state index in [-0.39, 0.29) is 5.91 Å². The van der Waals surface area contributed by atoms with Crippen LogP contribution in [0.2, 0.25) is 0 Å². The van der Waals surface area contributed by atoms with E-state index in [1.807, 2.05) is 19.1 Å². The van der Waals surface area contributed by atoms with Crippen LogP contribution in [0.15, 0.2) is 18.2 Å². The smallest absolute Gasteiger partial charge is 0.221 e. The molecule has 1 amide bonds. The lowest BCUT2D eigenvalue weighted by atomic mass is 10.2. The Balaban J connectivity index is 2.37. The van der Waals surface area contributed by atoms with E-state index in [4.69, 9.17) is 10.5 Å². The Kier molecular flexibility index (Phi) is 5.84. The number of nitrogens with two attached hydrogens (primary N) is 1. The first-order valence-corrected chi connectivity index (χ1v) is 6.11. The van der Waals surface area contributed by atoms with Crippen molar-refractivity contribution in [1.82, 2.24) is 5.32 Å². The van der Waals surface area contributed by atoms with Crippen molar-refractivity contribution in [3.05, 3.63) is 18.2 Å². The number of carbonyl (C=O) groups is 1.